The third-order valence-corrected chi connectivity index (χ3v) is 9.42. The number of aliphatic hydroxyl groups is 1. The van der Waals surface area contributed by atoms with Crippen molar-refractivity contribution in [3.8, 4) is 0 Å². The summed E-state index contributed by atoms with van der Waals surface area (Å²) in [4.78, 5) is 23.2. The molecule has 4 aliphatic carbocycles. The zero-order valence-electron chi connectivity index (χ0n) is 15.3. The Morgan fingerprint density at radius 1 is 1.37 bits per heavy atom. The Bertz CT molecular complexity index is 820. The predicted molar refractivity (Wildman–Crippen MR) is 103 cm³/mol. The number of alkyl halides is 3. The second kappa shape index (κ2) is 5.77. The molecule has 0 aliphatic heterocycles. The van der Waals surface area contributed by atoms with E-state index >= 15 is 0 Å². The van der Waals surface area contributed by atoms with E-state index < -0.39 is 39.1 Å². The molecular weight excluding hydrogens is 390 g/mol. The average Bonchev–Trinajstić information content (AvgIpc) is 2.88. The molecule has 4 rings (SSSR count). The van der Waals surface area contributed by atoms with Crippen molar-refractivity contribution in [1.82, 2.24) is 0 Å². The van der Waals surface area contributed by atoms with Crippen molar-refractivity contribution < 1.29 is 19.1 Å². The minimum atomic E-state index is -1.72. The van der Waals surface area contributed by atoms with Gasteiger partial charge in [-0.05, 0) is 42.9 Å². The first-order valence-corrected chi connectivity index (χ1v) is 10.1. The highest BCUT2D eigenvalue weighted by Gasteiger charge is 2.72. The summed E-state index contributed by atoms with van der Waals surface area (Å²) < 4.78 is 13.2. The fourth-order valence-electron chi connectivity index (χ4n) is 6.18. The molecule has 0 radical (unpaired) electrons. The predicted octanol–water partition coefficient (Wildman–Crippen LogP) is 3.92. The van der Waals surface area contributed by atoms with E-state index in [0.29, 0.717) is 12.8 Å². The Kier molecular flexibility index (Phi) is 4.14. The molecule has 0 aromatic rings. The largest absolute Gasteiger partial charge is 0.381 e. The van der Waals surface area contributed by atoms with Gasteiger partial charge in [0.05, 0.1) is 10.3 Å². The molecule has 0 aromatic heterocycles. The zero-order chi connectivity index (χ0) is 19.8. The van der Waals surface area contributed by atoms with E-state index in [4.69, 9.17) is 23.2 Å². The zero-order valence-corrected chi connectivity index (χ0v) is 16.9. The molecule has 0 heterocycles. The van der Waals surface area contributed by atoms with Crippen LogP contribution >= 0.6 is 23.2 Å². The fraction of sp³-hybridized carbons (Fsp3) is 0.619. The molecule has 7 atom stereocenters. The highest BCUT2D eigenvalue weighted by molar-refractivity contribution is 6.34. The number of allylic oxidation sites excluding steroid dienone is 6. The van der Waals surface area contributed by atoms with Crippen LogP contribution in [0.3, 0.4) is 0 Å². The quantitative estimate of drug-likeness (QED) is 0.699. The molecule has 0 saturated heterocycles. The van der Waals surface area contributed by atoms with E-state index in [2.05, 4.69) is 0 Å². The number of hydrogen-bond acceptors (Lipinski definition) is 3. The molecule has 27 heavy (non-hydrogen) atoms. The smallest absolute Gasteiger partial charge is 0.195 e. The van der Waals surface area contributed by atoms with Gasteiger partial charge < -0.3 is 5.11 Å². The summed E-state index contributed by atoms with van der Waals surface area (Å²) in [5, 5.41) is 10.6. The van der Waals surface area contributed by atoms with Gasteiger partial charge in [-0.3, -0.25) is 9.59 Å². The van der Waals surface area contributed by atoms with Crippen LogP contribution in [0.25, 0.3) is 0 Å². The van der Waals surface area contributed by atoms with Gasteiger partial charge in [0.2, 0.25) is 0 Å². The van der Waals surface area contributed by atoms with E-state index in [9.17, 15) is 19.1 Å². The lowest BCUT2D eigenvalue weighted by molar-refractivity contribution is -0.157. The minimum absolute atomic E-state index is 0.0820. The number of hydrogen-bond donors (Lipinski definition) is 1. The van der Waals surface area contributed by atoms with Crippen LogP contribution in [0.4, 0.5) is 4.39 Å². The molecule has 6 heteroatoms. The molecule has 1 N–H and O–H groups in total. The van der Waals surface area contributed by atoms with Crippen molar-refractivity contribution in [2.45, 2.75) is 49.0 Å². The van der Waals surface area contributed by atoms with E-state index in [1.54, 1.807) is 6.08 Å². The Labute approximate surface area is 168 Å². The number of carbonyl (C=O) groups excluding carboxylic acids is 2. The Morgan fingerprint density at radius 2 is 2.07 bits per heavy atom. The van der Waals surface area contributed by atoms with Crippen LogP contribution in [0.5, 0.6) is 0 Å². The van der Waals surface area contributed by atoms with Crippen molar-refractivity contribution in [3.05, 3.63) is 36.0 Å². The first kappa shape index (κ1) is 19.4. The number of fused-ring (bicyclic) bond motifs is 5. The van der Waals surface area contributed by atoms with E-state index in [0.717, 1.165) is 5.57 Å². The summed E-state index contributed by atoms with van der Waals surface area (Å²) in [5.41, 5.74) is -2.38. The van der Waals surface area contributed by atoms with Crippen molar-refractivity contribution in [2.24, 2.45) is 22.7 Å². The average molecular weight is 413 g/mol. The van der Waals surface area contributed by atoms with Crippen LogP contribution in [0.2, 0.25) is 0 Å². The fourth-order valence-corrected chi connectivity index (χ4v) is 7.35. The monoisotopic (exact) mass is 412 g/mol. The van der Waals surface area contributed by atoms with Crippen LogP contribution in [0.1, 0.15) is 33.1 Å². The number of carbonyl (C=O) groups is 2. The molecule has 2 saturated carbocycles. The molecule has 4 aliphatic rings. The summed E-state index contributed by atoms with van der Waals surface area (Å²) >= 11 is 14.2. The Morgan fingerprint density at radius 3 is 2.74 bits per heavy atom. The van der Waals surface area contributed by atoms with Gasteiger partial charge in [0.1, 0.15) is 5.60 Å². The second-order valence-corrected chi connectivity index (χ2v) is 9.99. The maximum atomic E-state index is 13.2. The molecule has 0 spiro atoms. The first-order valence-electron chi connectivity index (χ1n) is 9.33. The summed E-state index contributed by atoms with van der Waals surface area (Å²) in [6.45, 7) is 2.64. The summed E-state index contributed by atoms with van der Waals surface area (Å²) in [6.07, 6.45) is 9.92. The van der Waals surface area contributed by atoms with Crippen LogP contribution in [-0.4, -0.2) is 39.2 Å². The van der Waals surface area contributed by atoms with Crippen LogP contribution in [-0.2, 0) is 9.59 Å². The van der Waals surface area contributed by atoms with Gasteiger partial charge in [0.25, 0.3) is 0 Å². The van der Waals surface area contributed by atoms with E-state index in [1.807, 2.05) is 32.1 Å². The Balaban J connectivity index is 1.86. The molecule has 3 nitrogen and oxygen atoms in total. The highest BCUT2D eigenvalue weighted by Crippen LogP contribution is 2.70. The lowest BCUT2D eigenvalue weighted by atomic mass is 9.48. The van der Waals surface area contributed by atoms with Crippen molar-refractivity contribution in [1.29, 1.82) is 0 Å². The normalized spacial score (nSPS) is 50.7. The van der Waals surface area contributed by atoms with E-state index in [-0.39, 0.29) is 24.0 Å². The van der Waals surface area contributed by atoms with Crippen molar-refractivity contribution >= 4 is 34.8 Å². The van der Waals surface area contributed by atoms with Gasteiger partial charge in [-0.2, -0.15) is 0 Å². The minimum Gasteiger partial charge on any atom is -0.381 e. The third kappa shape index (κ3) is 2.13. The maximum Gasteiger partial charge on any atom is 0.195 e. The molecule has 0 bridgehead atoms. The van der Waals surface area contributed by atoms with E-state index in [1.165, 1.54) is 6.08 Å². The van der Waals surface area contributed by atoms with Gasteiger partial charge in [0.15, 0.2) is 18.2 Å². The van der Waals surface area contributed by atoms with Crippen molar-refractivity contribution in [3.63, 3.8) is 0 Å². The van der Waals surface area contributed by atoms with Gasteiger partial charge in [0, 0.05) is 16.7 Å². The summed E-state index contributed by atoms with van der Waals surface area (Å²) in [6, 6.07) is 0. The molecule has 2 fully saturated rings. The summed E-state index contributed by atoms with van der Waals surface area (Å²) in [7, 11) is 0. The number of halogens is 3. The highest BCUT2D eigenvalue weighted by atomic mass is 35.5. The second-order valence-electron chi connectivity index (χ2n) is 8.84. The number of Topliss-reactive ketones (excluding diaryl/α,β-unsaturated/α-hetero) is 1. The lowest BCUT2D eigenvalue weighted by Gasteiger charge is -2.62. The van der Waals surface area contributed by atoms with Crippen LogP contribution in [0.15, 0.2) is 36.0 Å². The standard InChI is InChI=1S/C21H23Cl2FO3/c1-18-7-5-13(25)9-12(18)3-4-15-14-6-8-20(27,17(26)11-24)19(14,2)10-16(22)21(15,18)23/h3-5,7,9,14-16,27H,6,8,10-11H2,1-2H3/t14-,15-,16-,18-,19-,20-,21-/m0/s1. The molecule has 0 amide bonds. The third-order valence-electron chi connectivity index (χ3n) is 7.90. The van der Waals surface area contributed by atoms with Gasteiger partial charge in [-0.15, -0.1) is 23.2 Å². The van der Waals surface area contributed by atoms with Gasteiger partial charge in [-0.25, -0.2) is 4.39 Å². The summed E-state index contributed by atoms with van der Waals surface area (Å²) in [5.74, 6) is -1.16. The molecule has 146 valence electrons. The number of rotatable bonds is 2. The first-order chi connectivity index (χ1) is 12.5. The maximum absolute atomic E-state index is 13.2. The van der Waals surface area contributed by atoms with Gasteiger partial charge >= 0.3 is 0 Å². The van der Waals surface area contributed by atoms with Gasteiger partial charge in [-0.1, -0.05) is 32.1 Å². The SMILES string of the molecule is C[C@]12C=CC(=O)C=C1C=C[C@H]1[C@@H]3CC[C@](O)(C(=O)CF)[C@@]3(C)C[C@H](Cl)[C@@]12Cl. The molecule has 0 aromatic carbocycles. The number of ketones is 2. The Hall–Kier alpha value is -0.970. The molecule has 0 unspecified atom stereocenters. The van der Waals surface area contributed by atoms with Crippen LogP contribution < -0.4 is 0 Å². The molecular formula is C21H23Cl2FO3. The van der Waals surface area contributed by atoms with Crippen molar-refractivity contribution in [2.75, 3.05) is 6.67 Å². The van der Waals surface area contributed by atoms with Crippen LogP contribution in [0, 0.1) is 22.7 Å². The lowest BCUT2D eigenvalue weighted by Crippen LogP contribution is -2.66. The topological polar surface area (TPSA) is 54.4 Å².